The van der Waals surface area contributed by atoms with Gasteiger partial charge in [0.15, 0.2) is 0 Å². The quantitative estimate of drug-likeness (QED) is 0.593. The first kappa shape index (κ1) is 7.86. The second kappa shape index (κ2) is 2.62. The molecule has 3 nitrogen and oxygen atoms in total. The number of nitrogen functional groups attached to an aromatic ring is 1. The minimum absolute atomic E-state index is 0.0689. The number of hydrogen-bond acceptors (Lipinski definition) is 2. The summed E-state index contributed by atoms with van der Waals surface area (Å²) in [5, 5.41) is 1.61. The normalized spacial score (nSPS) is 10.5. The molecule has 0 saturated heterocycles. The summed E-state index contributed by atoms with van der Waals surface area (Å²) in [6, 6.07) is 5.30. The van der Waals surface area contributed by atoms with Crippen molar-refractivity contribution in [3.05, 3.63) is 40.3 Å². The monoisotopic (exact) mass is 174 g/mol. The van der Waals surface area contributed by atoms with Crippen LogP contribution in [-0.4, -0.2) is 4.98 Å². The van der Waals surface area contributed by atoms with Crippen molar-refractivity contribution in [2.75, 3.05) is 5.73 Å². The van der Waals surface area contributed by atoms with Gasteiger partial charge in [-0.2, -0.15) is 0 Å². The standard InChI is InChI=1S/C10H10N2O/c1-6-5-12-10(13)8-3-2-7(11)4-9(6)8/h2-5H,11H2,1H3,(H,12,13). The molecule has 0 aliphatic heterocycles. The van der Waals surface area contributed by atoms with E-state index in [1.54, 1.807) is 18.3 Å². The van der Waals surface area contributed by atoms with Gasteiger partial charge in [-0.1, -0.05) is 0 Å². The zero-order valence-electron chi connectivity index (χ0n) is 7.29. The number of H-pyrrole nitrogens is 1. The lowest BCUT2D eigenvalue weighted by Crippen LogP contribution is -2.06. The molecule has 0 unspecified atom stereocenters. The molecule has 0 fully saturated rings. The predicted molar refractivity (Wildman–Crippen MR) is 53.7 cm³/mol. The molecular formula is C10H10N2O. The van der Waals surface area contributed by atoms with Gasteiger partial charge in [0.05, 0.1) is 0 Å². The average molecular weight is 174 g/mol. The number of rotatable bonds is 0. The number of pyridine rings is 1. The van der Waals surface area contributed by atoms with Crippen LogP contribution in [0.2, 0.25) is 0 Å². The molecule has 0 aliphatic rings. The molecule has 3 N–H and O–H groups in total. The summed E-state index contributed by atoms with van der Waals surface area (Å²) >= 11 is 0. The Hall–Kier alpha value is -1.77. The molecule has 0 amide bonds. The Kier molecular flexibility index (Phi) is 1.59. The van der Waals surface area contributed by atoms with Gasteiger partial charge in [0.25, 0.3) is 5.56 Å². The van der Waals surface area contributed by atoms with Crippen molar-refractivity contribution >= 4 is 16.5 Å². The van der Waals surface area contributed by atoms with Crippen LogP contribution in [0.3, 0.4) is 0 Å². The van der Waals surface area contributed by atoms with Crippen molar-refractivity contribution in [3.8, 4) is 0 Å². The van der Waals surface area contributed by atoms with Crippen LogP contribution in [0, 0.1) is 6.92 Å². The number of hydrogen-bond donors (Lipinski definition) is 2. The summed E-state index contributed by atoms with van der Waals surface area (Å²) < 4.78 is 0. The second-order valence-corrected chi connectivity index (χ2v) is 3.11. The molecule has 0 radical (unpaired) electrons. The van der Waals surface area contributed by atoms with E-state index >= 15 is 0 Å². The van der Waals surface area contributed by atoms with Crippen molar-refractivity contribution in [2.45, 2.75) is 6.92 Å². The first-order valence-corrected chi connectivity index (χ1v) is 4.06. The SMILES string of the molecule is Cc1c[nH]c(=O)c2ccc(N)cc12. The number of nitrogens with two attached hydrogens (primary N) is 1. The van der Waals surface area contributed by atoms with E-state index in [1.165, 1.54) is 0 Å². The Bertz CT molecular complexity index is 514. The summed E-state index contributed by atoms with van der Waals surface area (Å²) in [7, 11) is 0. The Labute approximate surface area is 75.2 Å². The Balaban J connectivity index is 3.01. The van der Waals surface area contributed by atoms with E-state index in [-0.39, 0.29) is 5.56 Å². The van der Waals surface area contributed by atoms with Crippen LogP contribution < -0.4 is 11.3 Å². The predicted octanol–water partition coefficient (Wildman–Crippen LogP) is 1.42. The summed E-state index contributed by atoms with van der Waals surface area (Å²) in [6.45, 7) is 1.94. The Morgan fingerprint density at radius 2 is 2.08 bits per heavy atom. The molecule has 0 aliphatic carbocycles. The molecule has 0 atom stereocenters. The fourth-order valence-electron chi connectivity index (χ4n) is 1.42. The summed E-state index contributed by atoms with van der Waals surface area (Å²) in [4.78, 5) is 14.0. The van der Waals surface area contributed by atoms with E-state index in [1.807, 2.05) is 13.0 Å². The third-order valence-corrected chi connectivity index (χ3v) is 2.13. The van der Waals surface area contributed by atoms with E-state index in [4.69, 9.17) is 5.73 Å². The molecule has 0 saturated carbocycles. The van der Waals surface area contributed by atoms with Gasteiger partial charge in [0, 0.05) is 17.3 Å². The van der Waals surface area contributed by atoms with E-state index in [2.05, 4.69) is 4.98 Å². The third-order valence-electron chi connectivity index (χ3n) is 2.13. The minimum Gasteiger partial charge on any atom is -0.399 e. The lowest BCUT2D eigenvalue weighted by molar-refractivity contribution is 1.24. The highest BCUT2D eigenvalue weighted by atomic mass is 16.1. The van der Waals surface area contributed by atoms with E-state index in [0.717, 1.165) is 10.9 Å². The number of fused-ring (bicyclic) bond motifs is 1. The highest BCUT2D eigenvalue weighted by Crippen LogP contribution is 2.16. The first-order valence-electron chi connectivity index (χ1n) is 4.06. The van der Waals surface area contributed by atoms with Crippen LogP contribution in [0.25, 0.3) is 10.8 Å². The number of nitrogens with one attached hydrogen (secondary N) is 1. The number of aromatic nitrogens is 1. The molecule has 2 aromatic rings. The zero-order valence-corrected chi connectivity index (χ0v) is 7.29. The maximum Gasteiger partial charge on any atom is 0.255 e. The first-order chi connectivity index (χ1) is 6.18. The lowest BCUT2D eigenvalue weighted by atomic mass is 10.1. The van der Waals surface area contributed by atoms with Gasteiger partial charge < -0.3 is 10.7 Å². The second-order valence-electron chi connectivity index (χ2n) is 3.11. The number of benzene rings is 1. The maximum atomic E-state index is 11.3. The van der Waals surface area contributed by atoms with Gasteiger partial charge in [0.1, 0.15) is 0 Å². The minimum atomic E-state index is -0.0689. The summed E-state index contributed by atoms with van der Waals surface area (Å²) in [5.74, 6) is 0. The molecule has 13 heavy (non-hydrogen) atoms. The topological polar surface area (TPSA) is 58.9 Å². The van der Waals surface area contributed by atoms with Gasteiger partial charge in [-0.05, 0) is 36.1 Å². The van der Waals surface area contributed by atoms with Crippen molar-refractivity contribution in [2.24, 2.45) is 0 Å². The molecule has 0 bridgehead atoms. The highest BCUT2D eigenvalue weighted by Gasteiger charge is 2.00. The van der Waals surface area contributed by atoms with Crippen LogP contribution in [0.15, 0.2) is 29.2 Å². The van der Waals surface area contributed by atoms with Gasteiger partial charge in [-0.3, -0.25) is 4.79 Å². The zero-order chi connectivity index (χ0) is 9.42. The van der Waals surface area contributed by atoms with Crippen molar-refractivity contribution < 1.29 is 0 Å². The fraction of sp³-hybridized carbons (Fsp3) is 0.100. The van der Waals surface area contributed by atoms with E-state index in [9.17, 15) is 4.79 Å². The van der Waals surface area contributed by atoms with Crippen LogP contribution in [0.5, 0.6) is 0 Å². The van der Waals surface area contributed by atoms with E-state index < -0.39 is 0 Å². The van der Waals surface area contributed by atoms with Crippen molar-refractivity contribution in [1.29, 1.82) is 0 Å². The van der Waals surface area contributed by atoms with Crippen LogP contribution in [0.4, 0.5) is 5.69 Å². The van der Waals surface area contributed by atoms with Gasteiger partial charge in [0.2, 0.25) is 0 Å². The lowest BCUT2D eigenvalue weighted by Gasteiger charge is -2.01. The van der Waals surface area contributed by atoms with Crippen LogP contribution >= 0.6 is 0 Å². The van der Waals surface area contributed by atoms with Gasteiger partial charge in [-0.15, -0.1) is 0 Å². The Morgan fingerprint density at radius 1 is 1.31 bits per heavy atom. The molecule has 1 heterocycles. The van der Waals surface area contributed by atoms with Gasteiger partial charge >= 0.3 is 0 Å². The maximum absolute atomic E-state index is 11.3. The largest absolute Gasteiger partial charge is 0.399 e. The Morgan fingerprint density at radius 3 is 2.85 bits per heavy atom. The van der Waals surface area contributed by atoms with Crippen LogP contribution in [0.1, 0.15) is 5.56 Å². The third kappa shape index (κ3) is 1.18. The molecule has 2 rings (SSSR count). The van der Waals surface area contributed by atoms with Crippen molar-refractivity contribution in [3.63, 3.8) is 0 Å². The molecule has 1 aromatic heterocycles. The smallest absolute Gasteiger partial charge is 0.255 e. The highest BCUT2D eigenvalue weighted by molar-refractivity contribution is 5.87. The summed E-state index contributed by atoms with van der Waals surface area (Å²) in [5.41, 5.74) is 7.27. The molecule has 3 heteroatoms. The number of anilines is 1. The molecular weight excluding hydrogens is 164 g/mol. The number of aromatic amines is 1. The molecule has 0 spiro atoms. The fourth-order valence-corrected chi connectivity index (χ4v) is 1.42. The number of aryl methyl sites for hydroxylation is 1. The average Bonchev–Trinajstić information content (AvgIpc) is 2.12. The van der Waals surface area contributed by atoms with Crippen LogP contribution in [-0.2, 0) is 0 Å². The molecule has 1 aromatic carbocycles. The van der Waals surface area contributed by atoms with E-state index in [0.29, 0.717) is 11.1 Å². The van der Waals surface area contributed by atoms with Gasteiger partial charge in [-0.25, -0.2) is 0 Å². The summed E-state index contributed by atoms with van der Waals surface area (Å²) in [6.07, 6.45) is 1.70. The van der Waals surface area contributed by atoms with Crippen molar-refractivity contribution in [1.82, 2.24) is 4.98 Å². The molecule has 66 valence electrons.